The van der Waals surface area contributed by atoms with Gasteiger partial charge in [-0.3, -0.25) is 9.59 Å². The molecular weight excluding hydrogens is 498 g/mol. The third-order valence-electron chi connectivity index (χ3n) is 5.13. The van der Waals surface area contributed by atoms with Crippen molar-refractivity contribution in [2.24, 2.45) is 4.99 Å². The summed E-state index contributed by atoms with van der Waals surface area (Å²) in [4.78, 5) is 42.7. The van der Waals surface area contributed by atoms with E-state index in [2.05, 4.69) is 4.99 Å². The van der Waals surface area contributed by atoms with Crippen LogP contribution < -0.4 is 4.80 Å². The van der Waals surface area contributed by atoms with Gasteiger partial charge in [-0.15, -0.1) is 0 Å². The quantitative estimate of drug-likeness (QED) is 0.324. The number of nitrogens with zero attached hydrogens (tertiary/aromatic N) is 3. The Morgan fingerprint density at radius 1 is 1.11 bits per heavy atom. The number of esters is 1. The minimum absolute atomic E-state index is 0.243. The van der Waals surface area contributed by atoms with Gasteiger partial charge in [0.25, 0.3) is 5.91 Å². The van der Waals surface area contributed by atoms with Crippen LogP contribution in [0.3, 0.4) is 0 Å². The number of carbonyl (C=O) groups is 3. The number of amides is 2. The maximum Gasteiger partial charge on any atom is 0.338 e. The standard InChI is InChI=1S/C22H29N3O8S2/c1-3-31-12-9-25-17-6-5-16(21(28)33-4-2)13-18(17)34-22(25)23-19(26)14-35(29,30)15-20(27)24-7-10-32-11-8-24/h5-6,13H,3-4,7-12,14-15H2,1-2H3. The van der Waals surface area contributed by atoms with Gasteiger partial charge >= 0.3 is 5.97 Å². The van der Waals surface area contributed by atoms with E-state index in [1.807, 2.05) is 6.92 Å². The molecule has 0 bridgehead atoms. The Balaban J connectivity index is 1.84. The summed E-state index contributed by atoms with van der Waals surface area (Å²) in [5.74, 6) is -3.53. The number of thiazole rings is 1. The monoisotopic (exact) mass is 527 g/mol. The second kappa shape index (κ2) is 12.4. The second-order valence-electron chi connectivity index (χ2n) is 7.67. The summed E-state index contributed by atoms with van der Waals surface area (Å²) in [5.41, 5.74) is 1.08. The van der Waals surface area contributed by atoms with Crippen molar-refractivity contribution in [1.82, 2.24) is 9.47 Å². The Kier molecular flexibility index (Phi) is 9.55. The number of carbonyl (C=O) groups excluding carboxylic acids is 3. The van der Waals surface area contributed by atoms with Crippen LogP contribution in [-0.2, 0) is 40.2 Å². The summed E-state index contributed by atoms with van der Waals surface area (Å²) in [5, 5.41) is 0. The maximum atomic E-state index is 12.6. The molecule has 2 heterocycles. The lowest BCUT2D eigenvalue weighted by molar-refractivity contribution is -0.132. The Bertz CT molecular complexity index is 1240. The van der Waals surface area contributed by atoms with Gasteiger partial charge < -0.3 is 23.7 Å². The molecule has 13 heteroatoms. The SMILES string of the molecule is CCOCCn1c(=NC(=O)CS(=O)(=O)CC(=O)N2CCOCC2)sc2cc(C(=O)OCC)ccc21. The minimum atomic E-state index is -4.00. The van der Waals surface area contributed by atoms with Crippen molar-refractivity contribution in [2.45, 2.75) is 20.4 Å². The lowest BCUT2D eigenvalue weighted by atomic mass is 10.2. The number of morpholine rings is 1. The van der Waals surface area contributed by atoms with Crippen molar-refractivity contribution in [2.75, 3.05) is 57.6 Å². The molecule has 11 nitrogen and oxygen atoms in total. The summed E-state index contributed by atoms with van der Waals surface area (Å²) in [6.07, 6.45) is 0. The number of hydrogen-bond acceptors (Lipinski definition) is 9. The zero-order chi connectivity index (χ0) is 25.4. The summed E-state index contributed by atoms with van der Waals surface area (Å²) >= 11 is 1.15. The predicted octanol–water partition coefficient (Wildman–Crippen LogP) is 0.617. The van der Waals surface area contributed by atoms with Crippen LogP contribution in [0.4, 0.5) is 0 Å². The second-order valence-corrected chi connectivity index (χ2v) is 10.7. The number of aromatic nitrogens is 1. The molecule has 35 heavy (non-hydrogen) atoms. The van der Waals surface area contributed by atoms with Gasteiger partial charge in [0.1, 0.15) is 11.5 Å². The normalized spacial score (nSPS) is 14.9. The lowest BCUT2D eigenvalue weighted by Gasteiger charge is -2.26. The van der Waals surface area contributed by atoms with E-state index in [4.69, 9.17) is 14.2 Å². The highest BCUT2D eigenvalue weighted by atomic mass is 32.2. The highest BCUT2D eigenvalue weighted by Crippen LogP contribution is 2.20. The number of benzene rings is 1. The molecule has 0 unspecified atom stereocenters. The molecule has 2 aromatic rings. The van der Waals surface area contributed by atoms with Crippen LogP contribution in [-0.4, -0.2) is 93.3 Å². The molecular formula is C22H29N3O8S2. The van der Waals surface area contributed by atoms with E-state index < -0.39 is 39.1 Å². The maximum absolute atomic E-state index is 12.6. The van der Waals surface area contributed by atoms with Gasteiger partial charge in [0.05, 0.1) is 42.2 Å². The zero-order valence-corrected chi connectivity index (χ0v) is 21.4. The fourth-order valence-corrected chi connectivity index (χ4v) is 5.70. The number of sulfone groups is 1. The molecule has 2 amide bonds. The van der Waals surface area contributed by atoms with Gasteiger partial charge in [0, 0.05) is 26.2 Å². The molecule has 1 fully saturated rings. The first-order chi connectivity index (χ1) is 16.7. The summed E-state index contributed by atoms with van der Waals surface area (Å²) in [7, 11) is -4.00. The molecule has 1 aliphatic heterocycles. The molecule has 3 rings (SSSR count). The van der Waals surface area contributed by atoms with Gasteiger partial charge in [-0.2, -0.15) is 4.99 Å². The van der Waals surface area contributed by atoms with Crippen LogP contribution in [0.15, 0.2) is 23.2 Å². The third-order valence-corrected chi connectivity index (χ3v) is 7.54. The van der Waals surface area contributed by atoms with E-state index in [0.29, 0.717) is 56.3 Å². The van der Waals surface area contributed by atoms with E-state index >= 15 is 0 Å². The Morgan fingerprint density at radius 3 is 2.54 bits per heavy atom. The average Bonchev–Trinajstić information content (AvgIpc) is 3.15. The molecule has 1 aliphatic rings. The lowest BCUT2D eigenvalue weighted by Crippen LogP contribution is -2.43. The van der Waals surface area contributed by atoms with Crippen molar-refractivity contribution < 1.29 is 37.0 Å². The van der Waals surface area contributed by atoms with Crippen LogP contribution in [0.1, 0.15) is 24.2 Å². The van der Waals surface area contributed by atoms with Crippen molar-refractivity contribution in [3.05, 3.63) is 28.6 Å². The fourth-order valence-electron chi connectivity index (χ4n) is 3.49. The Labute approximate surface area is 207 Å². The van der Waals surface area contributed by atoms with E-state index in [1.165, 1.54) is 4.90 Å². The topological polar surface area (TPSA) is 134 Å². The molecule has 192 valence electrons. The highest BCUT2D eigenvalue weighted by molar-refractivity contribution is 7.92. The van der Waals surface area contributed by atoms with Gasteiger partial charge in [0.2, 0.25) is 5.91 Å². The Hall–Kier alpha value is -2.61. The van der Waals surface area contributed by atoms with Crippen molar-refractivity contribution in [3.8, 4) is 0 Å². The van der Waals surface area contributed by atoms with Crippen molar-refractivity contribution in [3.63, 3.8) is 0 Å². The first-order valence-corrected chi connectivity index (χ1v) is 13.9. The van der Waals surface area contributed by atoms with Crippen LogP contribution >= 0.6 is 11.3 Å². The zero-order valence-electron chi connectivity index (χ0n) is 19.7. The molecule has 0 aliphatic carbocycles. The van der Waals surface area contributed by atoms with E-state index in [0.717, 1.165) is 16.9 Å². The molecule has 0 saturated carbocycles. The summed E-state index contributed by atoms with van der Waals surface area (Å²) in [6.45, 7) is 6.41. The van der Waals surface area contributed by atoms with Crippen LogP contribution in [0, 0.1) is 0 Å². The van der Waals surface area contributed by atoms with Gasteiger partial charge in [-0.25, -0.2) is 13.2 Å². The van der Waals surface area contributed by atoms with E-state index in [1.54, 1.807) is 29.7 Å². The molecule has 0 N–H and O–H groups in total. The number of fused-ring (bicyclic) bond motifs is 1. The number of ether oxygens (including phenoxy) is 3. The molecule has 0 spiro atoms. The van der Waals surface area contributed by atoms with Gasteiger partial charge in [-0.1, -0.05) is 11.3 Å². The van der Waals surface area contributed by atoms with Gasteiger partial charge in [-0.05, 0) is 32.0 Å². The summed E-state index contributed by atoms with van der Waals surface area (Å²) < 4.78 is 43.1. The van der Waals surface area contributed by atoms with Crippen LogP contribution in [0.5, 0.6) is 0 Å². The predicted molar refractivity (Wildman–Crippen MR) is 129 cm³/mol. The van der Waals surface area contributed by atoms with Crippen molar-refractivity contribution in [1.29, 1.82) is 0 Å². The van der Waals surface area contributed by atoms with Gasteiger partial charge in [0.15, 0.2) is 14.6 Å². The van der Waals surface area contributed by atoms with Crippen molar-refractivity contribution >= 4 is 49.2 Å². The molecule has 0 radical (unpaired) electrons. The minimum Gasteiger partial charge on any atom is -0.462 e. The average molecular weight is 528 g/mol. The molecule has 1 aromatic carbocycles. The van der Waals surface area contributed by atoms with E-state index in [-0.39, 0.29) is 11.4 Å². The first kappa shape index (κ1) is 27.0. The largest absolute Gasteiger partial charge is 0.462 e. The smallest absolute Gasteiger partial charge is 0.338 e. The van der Waals surface area contributed by atoms with Crippen LogP contribution in [0.25, 0.3) is 10.2 Å². The molecule has 1 aromatic heterocycles. The third kappa shape index (κ3) is 7.43. The number of rotatable bonds is 10. The summed E-state index contributed by atoms with van der Waals surface area (Å²) in [6, 6.07) is 5.00. The fraction of sp³-hybridized carbons (Fsp3) is 0.545. The highest BCUT2D eigenvalue weighted by Gasteiger charge is 2.25. The molecule has 0 atom stereocenters. The first-order valence-electron chi connectivity index (χ1n) is 11.3. The van der Waals surface area contributed by atoms with Crippen LogP contribution in [0.2, 0.25) is 0 Å². The molecule has 1 saturated heterocycles. The number of hydrogen-bond donors (Lipinski definition) is 0. The van der Waals surface area contributed by atoms with E-state index in [9.17, 15) is 22.8 Å². The Morgan fingerprint density at radius 2 is 1.86 bits per heavy atom.